The van der Waals surface area contributed by atoms with E-state index in [4.69, 9.17) is 0 Å². The second-order valence-electron chi connectivity index (χ2n) is 4.62. The summed E-state index contributed by atoms with van der Waals surface area (Å²) in [6.07, 6.45) is 3.42. The highest BCUT2D eigenvalue weighted by Crippen LogP contribution is 2.21. The van der Waals surface area contributed by atoms with Crippen molar-refractivity contribution in [2.24, 2.45) is 0 Å². The van der Waals surface area contributed by atoms with Crippen LogP contribution in [0.2, 0.25) is 0 Å². The van der Waals surface area contributed by atoms with Crippen molar-refractivity contribution in [1.29, 1.82) is 0 Å². The molecule has 0 amide bonds. The maximum absolute atomic E-state index is 13.7. The molecular weight excluding hydrogens is 385 g/mol. The normalized spacial score (nSPS) is 10.8. The molecule has 0 aliphatic rings. The molecule has 0 aliphatic heterocycles. The fraction of sp³-hybridized carbons (Fsp3) is 0.0625. The zero-order valence-corrected chi connectivity index (χ0v) is 13.1. The molecule has 0 saturated carbocycles. The molecule has 0 bridgehead atoms. The van der Waals surface area contributed by atoms with Crippen molar-refractivity contribution in [2.45, 2.75) is 6.54 Å². The number of hydrogen-bond acceptors (Lipinski definition) is 1. The first-order valence-electron chi connectivity index (χ1n) is 6.34. The van der Waals surface area contributed by atoms with E-state index in [1.165, 1.54) is 6.07 Å². The Morgan fingerprint density at radius 2 is 1.81 bits per heavy atom. The minimum Gasteiger partial charge on any atom is -0.326 e. The van der Waals surface area contributed by atoms with Crippen LogP contribution in [0.5, 0.6) is 0 Å². The van der Waals surface area contributed by atoms with Gasteiger partial charge in [0.15, 0.2) is 0 Å². The molecule has 21 heavy (non-hydrogen) atoms. The zero-order chi connectivity index (χ0) is 14.8. The maximum Gasteiger partial charge on any atom is 0.140 e. The highest BCUT2D eigenvalue weighted by atomic mass is 127. The minimum atomic E-state index is -0.442. The fourth-order valence-electron chi connectivity index (χ4n) is 2.14. The van der Waals surface area contributed by atoms with Crippen LogP contribution in [0.3, 0.4) is 0 Å². The van der Waals surface area contributed by atoms with Crippen molar-refractivity contribution in [3.05, 3.63) is 75.6 Å². The number of rotatable bonds is 3. The third kappa shape index (κ3) is 3.12. The summed E-state index contributed by atoms with van der Waals surface area (Å²) < 4.78 is 29.9. The topological polar surface area (TPSA) is 17.8 Å². The summed E-state index contributed by atoms with van der Waals surface area (Å²) in [6.45, 7) is 0.241. The van der Waals surface area contributed by atoms with Crippen molar-refractivity contribution in [3.8, 4) is 11.4 Å². The quantitative estimate of drug-likeness (QED) is 0.597. The molecule has 0 radical (unpaired) electrons. The highest BCUT2D eigenvalue weighted by Gasteiger charge is 2.09. The van der Waals surface area contributed by atoms with Gasteiger partial charge in [-0.05, 0) is 52.9 Å². The predicted octanol–water partition coefficient (Wildman–Crippen LogP) is 4.48. The largest absolute Gasteiger partial charge is 0.326 e. The Morgan fingerprint density at radius 3 is 2.57 bits per heavy atom. The summed E-state index contributed by atoms with van der Waals surface area (Å²) in [5.41, 5.74) is 1.25. The lowest BCUT2D eigenvalue weighted by molar-refractivity contribution is 0.577. The van der Waals surface area contributed by atoms with Gasteiger partial charge in [0.05, 0.1) is 6.54 Å². The van der Waals surface area contributed by atoms with Crippen LogP contribution < -0.4 is 0 Å². The van der Waals surface area contributed by atoms with Gasteiger partial charge < -0.3 is 4.57 Å². The molecule has 0 fully saturated rings. The lowest BCUT2D eigenvalue weighted by Gasteiger charge is -2.09. The molecule has 5 heteroatoms. The average Bonchev–Trinajstić information content (AvgIpc) is 2.92. The Kier molecular flexibility index (Phi) is 4.01. The minimum absolute atomic E-state index is 0.241. The van der Waals surface area contributed by atoms with Crippen LogP contribution in [0.1, 0.15) is 5.56 Å². The summed E-state index contributed by atoms with van der Waals surface area (Å²) >= 11 is 2.23. The predicted molar refractivity (Wildman–Crippen MR) is 85.8 cm³/mol. The first-order chi connectivity index (χ1) is 10.1. The fourth-order valence-corrected chi connectivity index (χ4v) is 2.50. The molecule has 0 saturated heterocycles. The number of nitrogens with zero attached hydrogens (tertiary/aromatic N) is 2. The van der Waals surface area contributed by atoms with E-state index in [2.05, 4.69) is 27.6 Å². The molecular formula is C16H11F2IN2. The molecule has 0 atom stereocenters. The molecule has 0 aliphatic carbocycles. The molecule has 2 aromatic carbocycles. The van der Waals surface area contributed by atoms with E-state index in [9.17, 15) is 8.78 Å². The van der Waals surface area contributed by atoms with Crippen molar-refractivity contribution in [3.63, 3.8) is 0 Å². The number of imidazole rings is 1. The van der Waals surface area contributed by atoms with Crippen molar-refractivity contribution < 1.29 is 8.78 Å². The van der Waals surface area contributed by atoms with E-state index in [0.717, 1.165) is 27.1 Å². The lowest BCUT2D eigenvalue weighted by atomic mass is 10.2. The SMILES string of the molecule is Fc1ccc(F)c(Cn2ccnc2-c2ccc(I)cc2)c1. The first kappa shape index (κ1) is 14.2. The van der Waals surface area contributed by atoms with Crippen LogP contribution in [0.25, 0.3) is 11.4 Å². The van der Waals surface area contributed by atoms with Gasteiger partial charge >= 0.3 is 0 Å². The Labute approximate surface area is 134 Å². The molecule has 3 aromatic rings. The monoisotopic (exact) mass is 396 g/mol. The Bertz CT molecular complexity index is 766. The molecule has 0 spiro atoms. The number of benzene rings is 2. The third-order valence-electron chi connectivity index (χ3n) is 3.17. The van der Waals surface area contributed by atoms with Gasteiger partial charge in [0, 0.05) is 27.1 Å². The van der Waals surface area contributed by atoms with Gasteiger partial charge in [0.1, 0.15) is 17.5 Å². The molecule has 0 N–H and O–H groups in total. The van der Waals surface area contributed by atoms with Gasteiger partial charge in [-0.15, -0.1) is 0 Å². The van der Waals surface area contributed by atoms with Gasteiger partial charge in [-0.2, -0.15) is 0 Å². The Morgan fingerprint density at radius 1 is 1.05 bits per heavy atom. The van der Waals surface area contributed by atoms with Crippen LogP contribution in [0.4, 0.5) is 8.78 Å². The van der Waals surface area contributed by atoms with Crippen LogP contribution in [-0.2, 0) is 6.54 Å². The molecule has 3 rings (SSSR count). The smallest absolute Gasteiger partial charge is 0.140 e. The molecule has 2 nitrogen and oxygen atoms in total. The second-order valence-corrected chi connectivity index (χ2v) is 5.87. The van der Waals surface area contributed by atoms with Crippen LogP contribution in [0, 0.1) is 15.2 Å². The Hall–Kier alpha value is -1.76. The number of aromatic nitrogens is 2. The number of halogens is 3. The van der Waals surface area contributed by atoms with E-state index in [0.29, 0.717) is 5.56 Å². The maximum atomic E-state index is 13.7. The summed E-state index contributed by atoms with van der Waals surface area (Å²) in [5.74, 6) is -0.129. The summed E-state index contributed by atoms with van der Waals surface area (Å²) in [7, 11) is 0. The van der Waals surface area contributed by atoms with Gasteiger partial charge in [-0.1, -0.05) is 12.1 Å². The van der Waals surface area contributed by atoms with Gasteiger partial charge in [0.2, 0.25) is 0 Å². The lowest BCUT2D eigenvalue weighted by Crippen LogP contribution is -2.03. The highest BCUT2D eigenvalue weighted by molar-refractivity contribution is 14.1. The van der Waals surface area contributed by atoms with Crippen molar-refractivity contribution in [2.75, 3.05) is 0 Å². The van der Waals surface area contributed by atoms with Gasteiger partial charge in [-0.25, -0.2) is 13.8 Å². The summed E-state index contributed by atoms with van der Waals surface area (Å²) in [6, 6.07) is 11.4. The van der Waals surface area contributed by atoms with Crippen LogP contribution in [0.15, 0.2) is 54.9 Å². The molecule has 106 valence electrons. The van der Waals surface area contributed by atoms with E-state index in [1.54, 1.807) is 17.0 Å². The average molecular weight is 396 g/mol. The van der Waals surface area contributed by atoms with Crippen molar-refractivity contribution in [1.82, 2.24) is 9.55 Å². The van der Waals surface area contributed by atoms with Crippen LogP contribution in [-0.4, -0.2) is 9.55 Å². The van der Waals surface area contributed by atoms with E-state index in [-0.39, 0.29) is 6.54 Å². The van der Waals surface area contributed by atoms with Crippen LogP contribution >= 0.6 is 22.6 Å². The first-order valence-corrected chi connectivity index (χ1v) is 7.42. The molecule has 0 unspecified atom stereocenters. The van der Waals surface area contributed by atoms with Gasteiger partial charge in [0.25, 0.3) is 0 Å². The third-order valence-corrected chi connectivity index (χ3v) is 3.89. The van der Waals surface area contributed by atoms with E-state index < -0.39 is 11.6 Å². The standard InChI is InChI=1S/C16H11F2IN2/c17-13-3-6-15(18)12(9-13)10-21-8-7-20-16(21)11-1-4-14(19)5-2-11/h1-9H,10H2. The van der Waals surface area contributed by atoms with E-state index >= 15 is 0 Å². The summed E-state index contributed by atoms with van der Waals surface area (Å²) in [5, 5.41) is 0. The van der Waals surface area contributed by atoms with E-state index in [1.807, 2.05) is 24.3 Å². The summed E-state index contributed by atoms with van der Waals surface area (Å²) in [4.78, 5) is 4.31. The Balaban J connectivity index is 1.96. The molecule has 1 aromatic heterocycles. The zero-order valence-electron chi connectivity index (χ0n) is 10.9. The van der Waals surface area contributed by atoms with Gasteiger partial charge in [-0.3, -0.25) is 0 Å². The van der Waals surface area contributed by atoms with Crippen molar-refractivity contribution >= 4 is 22.6 Å². The second kappa shape index (κ2) is 5.93. The number of hydrogen-bond donors (Lipinski definition) is 0. The molecule has 1 heterocycles.